The van der Waals surface area contributed by atoms with Gasteiger partial charge in [-0.05, 0) is 26.3 Å². The van der Waals surface area contributed by atoms with Gasteiger partial charge in [0.25, 0.3) is 0 Å². The van der Waals surface area contributed by atoms with Gasteiger partial charge in [0, 0.05) is 18.6 Å². The van der Waals surface area contributed by atoms with Crippen LogP contribution in [-0.4, -0.2) is 31.5 Å². The number of rotatable bonds is 4. The molecule has 1 unspecified atom stereocenters. The smallest absolute Gasteiger partial charge is 0.379 e. The van der Waals surface area contributed by atoms with Crippen molar-refractivity contribution in [2.24, 2.45) is 0 Å². The summed E-state index contributed by atoms with van der Waals surface area (Å²) in [4.78, 5) is 0. The lowest BCUT2D eigenvalue weighted by molar-refractivity contribution is -0.135. The van der Waals surface area contributed by atoms with Crippen LogP contribution in [0.15, 0.2) is 0 Å². The van der Waals surface area contributed by atoms with Crippen molar-refractivity contribution in [3.8, 4) is 0 Å². The largest absolute Gasteiger partial charge is 0.389 e. The van der Waals surface area contributed by atoms with E-state index in [1.807, 2.05) is 6.92 Å². The lowest BCUT2D eigenvalue weighted by Crippen LogP contribution is -2.43. The molecule has 1 aliphatic heterocycles. The predicted octanol–water partition coefficient (Wildman–Crippen LogP) is 2.10. The van der Waals surface area contributed by atoms with Crippen LogP contribution in [0.5, 0.6) is 0 Å². The molecule has 1 saturated heterocycles. The van der Waals surface area contributed by atoms with E-state index >= 15 is 0 Å². The SMILES string of the molecule is CC1(NCCCC(F)(F)F)CCOC1. The zero-order valence-electron chi connectivity index (χ0n) is 8.28. The number of nitrogens with one attached hydrogen (secondary N) is 1. The number of halogens is 3. The topological polar surface area (TPSA) is 21.3 Å². The Hall–Kier alpha value is -0.290. The van der Waals surface area contributed by atoms with E-state index in [1.54, 1.807) is 0 Å². The Morgan fingerprint density at radius 2 is 2.14 bits per heavy atom. The second-order valence-corrected chi connectivity index (χ2v) is 4.01. The molecule has 14 heavy (non-hydrogen) atoms. The summed E-state index contributed by atoms with van der Waals surface area (Å²) in [5, 5.41) is 3.11. The highest BCUT2D eigenvalue weighted by Gasteiger charge is 2.30. The quantitative estimate of drug-likeness (QED) is 0.719. The van der Waals surface area contributed by atoms with Crippen LogP contribution in [0.3, 0.4) is 0 Å². The Bertz CT molecular complexity index is 175. The van der Waals surface area contributed by atoms with Crippen molar-refractivity contribution in [3.05, 3.63) is 0 Å². The fourth-order valence-electron chi connectivity index (χ4n) is 1.49. The highest BCUT2D eigenvalue weighted by atomic mass is 19.4. The van der Waals surface area contributed by atoms with Gasteiger partial charge in [0.05, 0.1) is 6.61 Å². The molecule has 0 bridgehead atoms. The molecule has 1 heterocycles. The van der Waals surface area contributed by atoms with Crippen LogP contribution < -0.4 is 5.32 Å². The Morgan fingerprint density at radius 1 is 1.43 bits per heavy atom. The highest BCUT2D eigenvalue weighted by molar-refractivity contribution is 4.86. The third-order valence-corrected chi connectivity index (χ3v) is 2.41. The molecule has 1 fully saturated rings. The van der Waals surface area contributed by atoms with Crippen LogP contribution >= 0.6 is 0 Å². The molecule has 0 amide bonds. The molecule has 0 aliphatic carbocycles. The lowest BCUT2D eigenvalue weighted by Gasteiger charge is -2.23. The normalized spacial score (nSPS) is 28.3. The summed E-state index contributed by atoms with van der Waals surface area (Å²) >= 11 is 0. The Kier molecular flexibility index (Phi) is 3.78. The minimum atomic E-state index is -4.03. The Balaban J connectivity index is 2.09. The summed E-state index contributed by atoms with van der Waals surface area (Å²) in [6.45, 7) is 3.68. The molecule has 1 atom stereocenters. The van der Waals surface area contributed by atoms with Gasteiger partial charge in [-0.1, -0.05) is 0 Å². The van der Waals surface area contributed by atoms with Crippen LogP contribution in [0.1, 0.15) is 26.2 Å². The van der Waals surface area contributed by atoms with E-state index in [1.165, 1.54) is 0 Å². The van der Waals surface area contributed by atoms with Gasteiger partial charge in [-0.25, -0.2) is 0 Å². The zero-order chi connectivity index (χ0) is 10.7. The first-order chi connectivity index (χ1) is 6.41. The average molecular weight is 211 g/mol. The van der Waals surface area contributed by atoms with Gasteiger partial charge in [0.1, 0.15) is 0 Å². The van der Waals surface area contributed by atoms with E-state index in [9.17, 15) is 13.2 Å². The molecular formula is C9H16F3NO. The third kappa shape index (κ3) is 4.28. The van der Waals surface area contributed by atoms with E-state index in [4.69, 9.17) is 4.74 Å². The maximum atomic E-state index is 11.8. The summed E-state index contributed by atoms with van der Waals surface area (Å²) in [6, 6.07) is 0. The van der Waals surface area contributed by atoms with Crippen molar-refractivity contribution in [1.29, 1.82) is 0 Å². The molecule has 0 radical (unpaired) electrons. The van der Waals surface area contributed by atoms with Gasteiger partial charge < -0.3 is 10.1 Å². The molecule has 2 nitrogen and oxygen atoms in total. The van der Waals surface area contributed by atoms with Crippen molar-refractivity contribution < 1.29 is 17.9 Å². The summed E-state index contributed by atoms with van der Waals surface area (Å²) in [7, 11) is 0. The van der Waals surface area contributed by atoms with Crippen molar-refractivity contribution in [2.75, 3.05) is 19.8 Å². The molecule has 0 spiro atoms. The van der Waals surface area contributed by atoms with E-state index in [2.05, 4.69) is 5.32 Å². The fraction of sp³-hybridized carbons (Fsp3) is 1.00. The van der Waals surface area contributed by atoms with Crippen molar-refractivity contribution in [3.63, 3.8) is 0 Å². The van der Waals surface area contributed by atoms with E-state index in [0.29, 0.717) is 19.8 Å². The maximum Gasteiger partial charge on any atom is 0.389 e. The number of alkyl halides is 3. The minimum Gasteiger partial charge on any atom is -0.379 e. The Morgan fingerprint density at radius 3 is 2.64 bits per heavy atom. The van der Waals surface area contributed by atoms with E-state index in [0.717, 1.165) is 6.42 Å². The summed E-state index contributed by atoms with van der Waals surface area (Å²) < 4.78 is 40.6. The van der Waals surface area contributed by atoms with Gasteiger partial charge in [-0.15, -0.1) is 0 Å². The molecule has 1 N–H and O–H groups in total. The fourth-order valence-corrected chi connectivity index (χ4v) is 1.49. The molecule has 1 rings (SSSR count). The monoisotopic (exact) mass is 211 g/mol. The van der Waals surface area contributed by atoms with Crippen LogP contribution in [0, 0.1) is 0 Å². The van der Waals surface area contributed by atoms with Gasteiger partial charge in [-0.3, -0.25) is 0 Å². The maximum absolute atomic E-state index is 11.8. The summed E-state index contributed by atoms with van der Waals surface area (Å²) in [6.07, 6.45) is -3.73. The lowest BCUT2D eigenvalue weighted by atomic mass is 10.0. The van der Waals surface area contributed by atoms with Gasteiger partial charge >= 0.3 is 6.18 Å². The third-order valence-electron chi connectivity index (χ3n) is 2.41. The molecule has 5 heteroatoms. The minimum absolute atomic E-state index is 0.119. The van der Waals surface area contributed by atoms with Gasteiger partial charge in [-0.2, -0.15) is 13.2 Å². The standard InChI is InChI=1S/C9H16F3NO/c1-8(4-6-14-7-8)13-5-2-3-9(10,11)12/h13H,2-7H2,1H3. The average Bonchev–Trinajstić information content (AvgIpc) is 2.45. The first-order valence-electron chi connectivity index (χ1n) is 4.81. The van der Waals surface area contributed by atoms with Crippen molar-refractivity contribution in [1.82, 2.24) is 5.32 Å². The molecule has 0 aromatic carbocycles. The molecule has 84 valence electrons. The second kappa shape index (κ2) is 4.49. The Labute approximate surface area is 81.8 Å². The first kappa shape index (κ1) is 11.8. The van der Waals surface area contributed by atoms with Gasteiger partial charge in [0.15, 0.2) is 0 Å². The zero-order valence-corrected chi connectivity index (χ0v) is 8.28. The van der Waals surface area contributed by atoms with Crippen LogP contribution in [-0.2, 0) is 4.74 Å². The van der Waals surface area contributed by atoms with Crippen LogP contribution in [0.4, 0.5) is 13.2 Å². The van der Waals surface area contributed by atoms with E-state index < -0.39 is 12.6 Å². The van der Waals surface area contributed by atoms with Gasteiger partial charge in [0.2, 0.25) is 0 Å². The molecule has 0 aromatic heterocycles. The summed E-state index contributed by atoms with van der Waals surface area (Å²) in [5.74, 6) is 0. The number of hydrogen-bond donors (Lipinski definition) is 1. The number of hydrogen-bond acceptors (Lipinski definition) is 2. The molecular weight excluding hydrogens is 195 g/mol. The molecule has 1 aliphatic rings. The van der Waals surface area contributed by atoms with Crippen LogP contribution in [0.2, 0.25) is 0 Å². The van der Waals surface area contributed by atoms with E-state index in [-0.39, 0.29) is 12.0 Å². The summed E-state index contributed by atoms with van der Waals surface area (Å²) in [5.41, 5.74) is -0.119. The highest BCUT2D eigenvalue weighted by Crippen LogP contribution is 2.22. The van der Waals surface area contributed by atoms with Crippen LogP contribution in [0.25, 0.3) is 0 Å². The molecule has 0 saturated carbocycles. The van der Waals surface area contributed by atoms with Crippen molar-refractivity contribution in [2.45, 2.75) is 37.9 Å². The predicted molar refractivity (Wildman–Crippen MR) is 47.1 cm³/mol. The van der Waals surface area contributed by atoms with Crippen molar-refractivity contribution >= 4 is 0 Å². The number of ether oxygens (including phenoxy) is 1. The second-order valence-electron chi connectivity index (χ2n) is 4.01. The molecule has 0 aromatic rings. The first-order valence-corrected chi connectivity index (χ1v) is 4.81.